The van der Waals surface area contributed by atoms with Gasteiger partial charge < -0.3 is 19.9 Å². The smallest absolute Gasteiger partial charge is 0.317 e. The first-order valence-electron chi connectivity index (χ1n) is 8.14. The van der Waals surface area contributed by atoms with Gasteiger partial charge in [0.15, 0.2) is 0 Å². The van der Waals surface area contributed by atoms with Crippen molar-refractivity contribution in [3.63, 3.8) is 0 Å². The van der Waals surface area contributed by atoms with E-state index in [1.165, 1.54) is 0 Å². The van der Waals surface area contributed by atoms with E-state index in [2.05, 4.69) is 5.32 Å². The second-order valence-electron chi connectivity index (χ2n) is 6.01. The molecule has 0 bridgehead atoms. The number of ether oxygens (including phenoxy) is 1. The maximum atomic E-state index is 12.6. The predicted octanol–water partition coefficient (Wildman–Crippen LogP) is 1.53. The van der Waals surface area contributed by atoms with E-state index in [1.54, 1.807) is 16.2 Å². The third-order valence-electron chi connectivity index (χ3n) is 4.40. The van der Waals surface area contributed by atoms with Crippen LogP contribution in [0.2, 0.25) is 0 Å². The number of carbonyl (C=O) groups excluding carboxylic acids is 2. The summed E-state index contributed by atoms with van der Waals surface area (Å²) in [4.78, 5) is 28.5. The van der Waals surface area contributed by atoms with Gasteiger partial charge in [-0.25, -0.2) is 4.79 Å². The van der Waals surface area contributed by atoms with Gasteiger partial charge in [0.25, 0.3) is 0 Å². The molecule has 0 spiro atoms. The molecule has 0 saturated carbocycles. The lowest BCUT2D eigenvalue weighted by Gasteiger charge is -2.36. The number of piperidine rings is 1. The molecule has 3 amide bonds. The summed E-state index contributed by atoms with van der Waals surface area (Å²) in [7, 11) is 0. The number of hydrogen-bond acceptors (Lipinski definition) is 4. The van der Waals surface area contributed by atoms with Crippen LogP contribution < -0.4 is 5.32 Å². The molecule has 0 aliphatic carbocycles. The molecule has 23 heavy (non-hydrogen) atoms. The van der Waals surface area contributed by atoms with E-state index in [9.17, 15) is 9.59 Å². The molecule has 1 N–H and O–H groups in total. The van der Waals surface area contributed by atoms with Crippen LogP contribution >= 0.6 is 11.3 Å². The quantitative estimate of drug-likeness (QED) is 0.910. The number of hydrogen-bond donors (Lipinski definition) is 1. The number of thiophene rings is 1. The number of carbonyl (C=O) groups is 2. The van der Waals surface area contributed by atoms with Crippen LogP contribution in [-0.2, 0) is 16.1 Å². The van der Waals surface area contributed by atoms with Crippen LogP contribution in [0.3, 0.4) is 0 Å². The van der Waals surface area contributed by atoms with Crippen molar-refractivity contribution in [2.75, 3.05) is 39.4 Å². The van der Waals surface area contributed by atoms with Gasteiger partial charge in [-0.05, 0) is 35.2 Å². The van der Waals surface area contributed by atoms with Gasteiger partial charge in [-0.3, -0.25) is 4.79 Å². The summed E-state index contributed by atoms with van der Waals surface area (Å²) < 4.78 is 5.30. The Morgan fingerprint density at radius 3 is 2.83 bits per heavy atom. The van der Waals surface area contributed by atoms with Crippen molar-refractivity contribution in [2.45, 2.75) is 19.4 Å². The molecule has 0 radical (unpaired) electrons. The molecule has 2 aliphatic heterocycles. The maximum absolute atomic E-state index is 12.6. The average Bonchev–Trinajstić information content (AvgIpc) is 3.13. The van der Waals surface area contributed by atoms with Gasteiger partial charge in [0.05, 0.1) is 19.1 Å². The first-order chi connectivity index (χ1) is 11.2. The van der Waals surface area contributed by atoms with Crippen molar-refractivity contribution in [3.8, 4) is 0 Å². The highest BCUT2D eigenvalue weighted by Gasteiger charge is 2.31. The zero-order valence-corrected chi connectivity index (χ0v) is 14.0. The zero-order chi connectivity index (χ0) is 16.1. The number of likely N-dealkylation sites (tertiary alicyclic amines) is 1. The Kier molecular flexibility index (Phi) is 5.51. The van der Waals surface area contributed by atoms with Crippen LogP contribution in [-0.4, -0.2) is 61.1 Å². The summed E-state index contributed by atoms with van der Waals surface area (Å²) in [5.41, 5.74) is 1.11. The SMILES string of the molecule is O=C(NCc1ccsc1)N1CCC[C@@H](C(=O)N2CCOCC2)C1. The van der Waals surface area contributed by atoms with Crippen molar-refractivity contribution in [1.29, 1.82) is 0 Å². The molecule has 3 heterocycles. The third kappa shape index (κ3) is 4.23. The van der Waals surface area contributed by atoms with E-state index >= 15 is 0 Å². The number of nitrogens with one attached hydrogen (secondary N) is 1. The molecular weight excluding hydrogens is 314 g/mol. The number of nitrogens with zero attached hydrogens (tertiary/aromatic N) is 2. The summed E-state index contributed by atoms with van der Waals surface area (Å²) in [5.74, 6) is 0.0948. The number of urea groups is 1. The molecule has 126 valence electrons. The number of amides is 3. The van der Waals surface area contributed by atoms with Gasteiger partial charge in [-0.2, -0.15) is 11.3 Å². The van der Waals surface area contributed by atoms with Gasteiger partial charge in [-0.1, -0.05) is 0 Å². The molecule has 1 aromatic rings. The van der Waals surface area contributed by atoms with Crippen molar-refractivity contribution >= 4 is 23.3 Å². The Hall–Kier alpha value is -1.60. The van der Waals surface area contributed by atoms with Crippen LogP contribution in [0.1, 0.15) is 18.4 Å². The first-order valence-corrected chi connectivity index (χ1v) is 9.08. The normalized spacial score (nSPS) is 22.0. The lowest BCUT2D eigenvalue weighted by molar-refractivity contribution is -0.141. The summed E-state index contributed by atoms with van der Waals surface area (Å²) in [6, 6.07) is 1.93. The van der Waals surface area contributed by atoms with Crippen LogP contribution in [0, 0.1) is 5.92 Å². The molecule has 1 atom stereocenters. The van der Waals surface area contributed by atoms with Crippen LogP contribution in [0.25, 0.3) is 0 Å². The fourth-order valence-corrected chi connectivity index (χ4v) is 3.76. The Balaban J connectivity index is 1.50. The van der Waals surface area contributed by atoms with E-state index in [-0.39, 0.29) is 17.9 Å². The molecule has 2 aliphatic rings. The van der Waals surface area contributed by atoms with Gasteiger partial charge >= 0.3 is 6.03 Å². The van der Waals surface area contributed by atoms with E-state index in [0.29, 0.717) is 39.4 Å². The highest BCUT2D eigenvalue weighted by Crippen LogP contribution is 2.19. The first kappa shape index (κ1) is 16.3. The van der Waals surface area contributed by atoms with Crippen molar-refractivity contribution in [1.82, 2.24) is 15.1 Å². The molecule has 2 saturated heterocycles. The lowest BCUT2D eigenvalue weighted by atomic mass is 9.96. The Morgan fingerprint density at radius 2 is 2.09 bits per heavy atom. The summed E-state index contributed by atoms with van der Waals surface area (Å²) in [6.07, 6.45) is 1.75. The highest BCUT2D eigenvalue weighted by atomic mass is 32.1. The maximum Gasteiger partial charge on any atom is 0.317 e. The fourth-order valence-electron chi connectivity index (χ4n) is 3.09. The summed E-state index contributed by atoms with van der Waals surface area (Å²) >= 11 is 1.62. The monoisotopic (exact) mass is 337 g/mol. The molecular formula is C16H23N3O3S. The predicted molar refractivity (Wildman–Crippen MR) is 88.3 cm³/mol. The van der Waals surface area contributed by atoms with Crippen LogP contribution in [0.15, 0.2) is 16.8 Å². The summed E-state index contributed by atoms with van der Waals surface area (Å²) in [5, 5.41) is 6.97. The molecule has 0 unspecified atom stereocenters. The highest BCUT2D eigenvalue weighted by molar-refractivity contribution is 7.07. The van der Waals surface area contributed by atoms with E-state index < -0.39 is 0 Å². The molecule has 7 heteroatoms. The van der Waals surface area contributed by atoms with Gasteiger partial charge in [0, 0.05) is 32.7 Å². The van der Waals surface area contributed by atoms with Crippen LogP contribution in [0.5, 0.6) is 0 Å². The molecule has 1 aromatic heterocycles. The second-order valence-corrected chi connectivity index (χ2v) is 6.79. The third-order valence-corrected chi connectivity index (χ3v) is 5.14. The Morgan fingerprint density at radius 1 is 1.26 bits per heavy atom. The zero-order valence-electron chi connectivity index (χ0n) is 13.2. The van der Waals surface area contributed by atoms with Gasteiger partial charge in [0.1, 0.15) is 0 Å². The van der Waals surface area contributed by atoms with Crippen molar-refractivity contribution in [3.05, 3.63) is 22.4 Å². The van der Waals surface area contributed by atoms with Crippen molar-refractivity contribution < 1.29 is 14.3 Å². The molecule has 0 aromatic carbocycles. The Bertz CT molecular complexity index is 529. The summed E-state index contributed by atoms with van der Waals surface area (Å²) in [6.45, 7) is 4.35. The van der Waals surface area contributed by atoms with E-state index in [0.717, 1.165) is 24.9 Å². The van der Waals surface area contributed by atoms with Gasteiger partial charge in [-0.15, -0.1) is 0 Å². The molecule has 6 nitrogen and oxygen atoms in total. The molecule has 2 fully saturated rings. The minimum atomic E-state index is -0.0752. The lowest BCUT2D eigenvalue weighted by Crippen LogP contribution is -2.51. The second kappa shape index (κ2) is 7.79. The number of rotatable bonds is 3. The van der Waals surface area contributed by atoms with Crippen molar-refractivity contribution in [2.24, 2.45) is 5.92 Å². The Labute approximate surface area is 140 Å². The number of morpholine rings is 1. The largest absolute Gasteiger partial charge is 0.378 e. The standard InChI is InChI=1S/C16H23N3O3S/c20-15(18-5-7-22-8-6-18)14-2-1-4-19(11-14)16(21)17-10-13-3-9-23-12-13/h3,9,12,14H,1-2,4-8,10-11H2,(H,17,21)/t14-/m1/s1. The van der Waals surface area contributed by atoms with E-state index in [1.807, 2.05) is 21.7 Å². The average molecular weight is 337 g/mol. The van der Waals surface area contributed by atoms with Crippen LogP contribution in [0.4, 0.5) is 4.79 Å². The molecule has 3 rings (SSSR count). The fraction of sp³-hybridized carbons (Fsp3) is 0.625. The van der Waals surface area contributed by atoms with Gasteiger partial charge in [0.2, 0.25) is 5.91 Å². The minimum absolute atomic E-state index is 0.0734. The van der Waals surface area contributed by atoms with E-state index in [4.69, 9.17) is 4.74 Å². The minimum Gasteiger partial charge on any atom is -0.378 e. The topological polar surface area (TPSA) is 61.9 Å².